The molecule has 0 fully saturated rings. The Hall–Kier alpha value is -2.07. The van der Waals surface area contributed by atoms with Gasteiger partial charge in [0.2, 0.25) is 0 Å². The third-order valence-corrected chi connectivity index (χ3v) is 1.23. The first-order chi connectivity index (χ1) is 6.26. The summed E-state index contributed by atoms with van der Waals surface area (Å²) in [6.07, 6.45) is 4.99. The van der Waals surface area contributed by atoms with Crippen molar-refractivity contribution < 1.29 is 4.74 Å². The Bertz CT molecular complexity index is 387. The van der Waals surface area contributed by atoms with Gasteiger partial charge < -0.3 is 4.74 Å². The molecule has 0 unspecified atom stereocenters. The minimum Gasteiger partial charge on any atom is -0.450 e. The van der Waals surface area contributed by atoms with E-state index in [9.17, 15) is 0 Å². The molecule has 0 atom stereocenters. The lowest BCUT2D eigenvalue weighted by Gasteiger charge is -2.00. The summed E-state index contributed by atoms with van der Waals surface area (Å²) in [5, 5.41) is 8.58. The molecule has 0 saturated carbocycles. The van der Waals surface area contributed by atoms with Crippen LogP contribution in [0.3, 0.4) is 0 Å². The van der Waals surface area contributed by atoms with Crippen molar-refractivity contribution in [2.24, 2.45) is 0 Å². The number of terminal acetylenes is 1. The van der Waals surface area contributed by atoms with Gasteiger partial charge in [-0.3, -0.25) is 0 Å². The number of aryl methyl sites for hydroxylation is 1. The molecule has 1 aromatic heterocycles. The smallest absolute Gasteiger partial charge is 0.318 e. The van der Waals surface area contributed by atoms with Crippen LogP contribution in [-0.4, -0.2) is 16.6 Å². The van der Waals surface area contributed by atoms with Crippen molar-refractivity contribution in [2.45, 2.75) is 6.92 Å². The van der Waals surface area contributed by atoms with E-state index in [1.807, 2.05) is 6.07 Å². The van der Waals surface area contributed by atoms with Crippen molar-refractivity contribution in [1.29, 1.82) is 5.26 Å². The van der Waals surface area contributed by atoms with Crippen LogP contribution in [0, 0.1) is 30.6 Å². The number of ether oxygens (including phenoxy) is 1. The van der Waals surface area contributed by atoms with Gasteiger partial charge in [-0.25, -0.2) is 4.98 Å². The van der Waals surface area contributed by atoms with Gasteiger partial charge in [-0.1, -0.05) is 5.92 Å². The second-order valence-corrected chi connectivity index (χ2v) is 2.28. The van der Waals surface area contributed by atoms with E-state index in [0.29, 0.717) is 5.69 Å². The molecule has 4 nitrogen and oxygen atoms in total. The van der Waals surface area contributed by atoms with E-state index in [1.165, 1.54) is 0 Å². The number of rotatable bonds is 2. The molecule has 0 saturated heterocycles. The molecule has 0 amide bonds. The lowest BCUT2D eigenvalue weighted by molar-refractivity contribution is 0.338. The average molecular weight is 173 g/mol. The van der Waals surface area contributed by atoms with E-state index in [4.69, 9.17) is 16.4 Å². The monoisotopic (exact) mass is 173 g/mol. The summed E-state index contributed by atoms with van der Waals surface area (Å²) < 4.78 is 4.97. The Balaban J connectivity index is 2.91. The molecule has 0 spiro atoms. The van der Waals surface area contributed by atoms with Gasteiger partial charge in [-0.2, -0.15) is 10.2 Å². The maximum atomic E-state index is 8.58. The van der Waals surface area contributed by atoms with E-state index in [1.54, 1.807) is 13.0 Å². The second kappa shape index (κ2) is 4.08. The Morgan fingerprint density at radius 3 is 3.00 bits per heavy atom. The molecule has 64 valence electrons. The molecule has 0 aliphatic rings. The maximum absolute atomic E-state index is 8.58. The predicted molar refractivity (Wildman–Crippen MR) is 45.8 cm³/mol. The van der Waals surface area contributed by atoms with Crippen molar-refractivity contribution >= 4 is 0 Å². The SMILES string of the molecule is C#CCOc1nc(C)cc(C#N)n1. The highest BCUT2D eigenvalue weighted by Crippen LogP contribution is 2.05. The van der Waals surface area contributed by atoms with Crippen molar-refractivity contribution in [3.63, 3.8) is 0 Å². The summed E-state index contributed by atoms with van der Waals surface area (Å²) in [7, 11) is 0. The minimum absolute atomic E-state index is 0.105. The molecule has 0 bridgehead atoms. The summed E-state index contributed by atoms with van der Waals surface area (Å²) in [5.41, 5.74) is 0.957. The molecular weight excluding hydrogens is 166 g/mol. The van der Waals surface area contributed by atoms with E-state index in [0.717, 1.165) is 0 Å². The van der Waals surface area contributed by atoms with E-state index >= 15 is 0 Å². The van der Waals surface area contributed by atoms with Crippen LogP contribution in [0.5, 0.6) is 6.01 Å². The lowest BCUT2D eigenvalue weighted by Crippen LogP contribution is -2.01. The third kappa shape index (κ3) is 2.46. The molecule has 0 N–H and O–H groups in total. The zero-order chi connectivity index (χ0) is 9.68. The van der Waals surface area contributed by atoms with Gasteiger partial charge in [0.25, 0.3) is 0 Å². The standard InChI is InChI=1S/C9H7N3O/c1-3-4-13-9-11-7(2)5-8(6-10)12-9/h1,5H,4H2,2H3. The van der Waals surface area contributed by atoms with Gasteiger partial charge in [-0.15, -0.1) is 6.42 Å². The van der Waals surface area contributed by atoms with Crippen molar-refractivity contribution in [3.05, 3.63) is 17.5 Å². The topological polar surface area (TPSA) is 58.8 Å². The Kier molecular flexibility index (Phi) is 2.83. The largest absolute Gasteiger partial charge is 0.450 e. The molecule has 0 aromatic carbocycles. The Labute approximate surface area is 76.2 Å². The average Bonchev–Trinajstić information content (AvgIpc) is 2.14. The van der Waals surface area contributed by atoms with Gasteiger partial charge in [0.05, 0.1) is 0 Å². The third-order valence-electron chi connectivity index (χ3n) is 1.23. The number of aromatic nitrogens is 2. The minimum atomic E-state index is 0.105. The highest BCUT2D eigenvalue weighted by molar-refractivity contribution is 5.23. The van der Waals surface area contributed by atoms with Crippen molar-refractivity contribution in [1.82, 2.24) is 9.97 Å². The van der Waals surface area contributed by atoms with E-state index in [2.05, 4.69) is 15.9 Å². The van der Waals surface area contributed by atoms with Gasteiger partial charge in [-0.05, 0) is 13.0 Å². The van der Waals surface area contributed by atoms with Gasteiger partial charge in [0.15, 0.2) is 6.61 Å². The molecule has 0 radical (unpaired) electrons. The summed E-state index contributed by atoms with van der Waals surface area (Å²) in [5.74, 6) is 2.29. The predicted octanol–water partition coefficient (Wildman–Crippen LogP) is 0.669. The molecular formula is C9H7N3O. The molecule has 1 rings (SSSR count). The van der Waals surface area contributed by atoms with Crippen LogP contribution in [-0.2, 0) is 0 Å². The number of hydrogen-bond acceptors (Lipinski definition) is 4. The summed E-state index contributed by atoms with van der Waals surface area (Å²) in [4.78, 5) is 7.74. The van der Waals surface area contributed by atoms with Crippen LogP contribution in [0.2, 0.25) is 0 Å². The number of nitrogens with zero attached hydrogens (tertiary/aromatic N) is 3. The zero-order valence-electron chi connectivity index (χ0n) is 7.11. The fourth-order valence-corrected chi connectivity index (χ4v) is 0.769. The first-order valence-corrected chi connectivity index (χ1v) is 3.58. The van der Waals surface area contributed by atoms with Crippen LogP contribution in [0.1, 0.15) is 11.4 Å². The van der Waals surface area contributed by atoms with Crippen LogP contribution < -0.4 is 4.74 Å². The van der Waals surface area contributed by atoms with Crippen molar-refractivity contribution in [2.75, 3.05) is 6.61 Å². The normalized spacial score (nSPS) is 8.54. The van der Waals surface area contributed by atoms with E-state index < -0.39 is 0 Å². The fraction of sp³-hybridized carbons (Fsp3) is 0.222. The quantitative estimate of drug-likeness (QED) is 0.617. The molecule has 0 aliphatic carbocycles. The molecule has 1 heterocycles. The van der Waals surface area contributed by atoms with Crippen molar-refractivity contribution in [3.8, 4) is 24.4 Å². The number of hydrogen-bond donors (Lipinski definition) is 0. The summed E-state index contributed by atoms with van der Waals surface area (Å²) in [6, 6.07) is 3.62. The van der Waals surface area contributed by atoms with Crippen LogP contribution >= 0.6 is 0 Å². The Morgan fingerprint density at radius 1 is 1.62 bits per heavy atom. The van der Waals surface area contributed by atoms with Crippen LogP contribution in [0.15, 0.2) is 6.07 Å². The molecule has 0 aliphatic heterocycles. The van der Waals surface area contributed by atoms with Crippen LogP contribution in [0.25, 0.3) is 0 Å². The maximum Gasteiger partial charge on any atom is 0.318 e. The van der Waals surface area contributed by atoms with Crippen LogP contribution in [0.4, 0.5) is 0 Å². The highest BCUT2D eigenvalue weighted by atomic mass is 16.5. The second-order valence-electron chi connectivity index (χ2n) is 2.28. The fourth-order valence-electron chi connectivity index (χ4n) is 0.769. The number of nitriles is 1. The Morgan fingerprint density at radius 2 is 2.38 bits per heavy atom. The first-order valence-electron chi connectivity index (χ1n) is 3.58. The highest BCUT2D eigenvalue weighted by Gasteiger charge is 2.01. The van der Waals surface area contributed by atoms with Gasteiger partial charge in [0, 0.05) is 5.69 Å². The zero-order valence-corrected chi connectivity index (χ0v) is 7.11. The molecule has 1 aromatic rings. The van der Waals surface area contributed by atoms with E-state index in [-0.39, 0.29) is 18.3 Å². The summed E-state index contributed by atoms with van der Waals surface area (Å²) >= 11 is 0. The molecule has 13 heavy (non-hydrogen) atoms. The van der Waals surface area contributed by atoms with Gasteiger partial charge >= 0.3 is 6.01 Å². The summed E-state index contributed by atoms with van der Waals surface area (Å²) in [6.45, 7) is 1.86. The van der Waals surface area contributed by atoms with Gasteiger partial charge in [0.1, 0.15) is 11.8 Å². The first kappa shape index (κ1) is 9.02. The molecule has 4 heteroatoms. The lowest BCUT2D eigenvalue weighted by atomic mass is 10.3.